The van der Waals surface area contributed by atoms with Crippen molar-refractivity contribution in [3.05, 3.63) is 29.7 Å². The fourth-order valence-corrected chi connectivity index (χ4v) is 1.52. The number of carbonyl (C=O) groups is 2. The number of hydrogen-bond donors (Lipinski definition) is 2. The molecule has 0 aliphatic rings. The Morgan fingerprint density at radius 1 is 1.38 bits per heavy atom. The van der Waals surface area contributed by atoms with Crippen LogP contribution >= 0.6 is 0 Å². The highest BCUT2D eigenvalue weighted by molar-refractivity contribution is 6.44. The molecule has 4 nitrogen and oxygen atoms in total. The first-order valence-corrected chi connectivity index (χ1v) is 4.35. The number of halogens is 1. The molecule has 0 saturated heterocycles. The van der Waals surface area contributed by atoms with Crippen molar-refractivity contribution in [1.29, 1.82) is 0 Å². The first-order chi connectivity index (χ1) is 7.52. The van der Waals surface area contributed by atoms with Crippen LogP contribution in [0.15, 0.2) is 18.3 Å². The molecule has 0 saturated carbocycles. The second-order valence-corrected chi connectivity index (χ2v) is 3.22. The number of benzene rings is 1. The third-order valence-electron chi connectivity index (χ3n) is 2.26. The summed E-state index contributed by atoms with van der Waals surface area (Å²) in [6.45, 7) is 0. The van der Waals surface area contributed by atoms with Crippen LogP contribution in [0.25, 0.3) is 10.9 Å². The van der Waals surface area contributed by atoms with Crippen LogP contribution in [0.3, 0.4) is 0 Å². The number of aromatic amines is 1. The van der Waals surface area contributed by atoms with E-state index in [1.807, 2.05) is 0 Å². The van der Waals surface area contributed by atoms with E-state index in [0.29, 0.717) is 0 Å². The third kappa shape index (κ3) is 1.39. The van der Waals surface area contributed by atoms with Crippen molar-refractivity contribution in [2.24, 2.45) is 0 Å². The number of hydrogen-bond acceptors (Lipinski definition) is 2. The van der Waals surface area contributed by atoms with Gasteiger partial charge in [-0.05, 0) is 6.07 Å². The fraction of sp³-hybridized carbons (Fsp3) is 0. The predicted molar refractivity (Wildman–Crippen MR) is 55.6 cm³/mol. The molecule has 1 aromatic carbocycles. The summed E-state index contributed by atoms with van der Waals surface area (Å²) in [5.41, 5.74) is 0.248. The highest BCUT2D eigenvalue weighted by Gasteiger charge is 2.21. The Kier molecular flexibility index (Phi) is 2.27. The zero-order valence-corrected chi connectivity index (χ0v) is 7.95. The van der Waals surface area contributed by atoms with Crippen LogP contribution < -0.4 is 5.46 Å². The molecule has 78 valence electrons. The largest absolute Gasteiger partial charge is 0.475 e. The van der Waals surface area contributed by atoms with E-state index >= 15 is 0 Å². The summed E-state index contributed by atoms with van der Waals surface area (Å²) in [5, 5.41) is 8.47. The third-order valence-corrected chi connectivity index (χ3v) is 2.26. The molecule has 2 aromatic rings. The van der Waals surface area contributed by atoms with E-state index in [0.717, 1.165) is 12.3 Å². The van der Waals surface area contributed by atoms with Gasteiger partial charge in [0.1, 0.15) is 13.7 Å². The topological polar surface area (TPSA) is 70.2 Å². The lowest BCUT2D eigenvalue weighted by Gasteiger charge is -1.99. The standard InChI is InChI=1S/C10H5BFNO3/c11-5-1-2-6(12)7-4(3-13-8(5)7)9(14)10(15)16/h1-3,13H,(H,15,16). The van der Waals surface area contributed by atoms with Crippen molar-refractivity contribution in [2.75, 3.05) is 0 Å². The van der Waals surface area contributed by atoms with Crippen LogP contribution in [-0.2, 0) is 4.79 Å². The highest BCUT2D eigenvalue weighted by atomic mass is 19.1. The predicted octanol–water partition coefficient (Wildman–Crippen LogP) is 0.368. The Labute approximate surface area is 90.5 Å². The lowest BCUT2D eigenvalue weighted by Crippen LogP contribution is -2.13. The molecule has 0 unspecified atom stereocenters. The van der Waals surface area contributed by atoms with Gasteiger partial charge in [-0.15, -0.1) is 0 Å². The molecule has 1 aromatic heterocycles. The quantitative estimate of drug-likeness (QED) is 0.433. The summed E-state index contributed by atoms with van der Waals surface area (Å²) in [5.74, 6) is -3.49. The van der Waals surface area contributed by atoms with Gasteiger partial charge in [-0.3, -0.25) is 4.79 Å². The molecule has 0 bridgehead atoms. The van der Waals surface area contributed by atoms with Gasteiger partial charge in [-0.1, -0.05) is 11.5 Å². The molecule has 0 fully saturated rings. The van der Waals surface area contributed by atoms with Crippen molar-refractivity contribution in [1.82, 2.24) is 4.98 Å². The van der Waals surface area contributed by atoms with Crippen molar-refractivity contribution < 1.29 is 19.1 Å². The van der Waals surface area contributed by atoms with E-state index < -0.39 is 17.6 Å². The van der Waals surface area contributed by atoms with E-state index in [2.05, 4.69) is 4.98 Å². The average molecular weight is 217 g/mol. The Hall–Kier alpha value is -2.11. The Morgan fingerprint density at radius 3 is 2.69 bits per heavy atom. The van der Waals surface area contributed by atoms with Crippen molar-refractivity contribution in [2.45, 2.75) is 0 Å². The lowest BCUT2D eigenvalue weighted by atomic mass is 9.92. The average Bonchev–Trinajstić information content (AvgIpc) is 2.67. The van der Waals surface area contributed by atoms with Gasteiger partial charge in [-0.25, -0.2) is 9.18 Å². The number of rotatable bonds is 2. The van der Waals surface area contributed by atoms with Crippen LogP contribution in [0.5, 0.6) is 0 Å². The zero-order valence-electron chi connectivity index (χ0n) is 7.95. The highest BCUT2D eigenvalue weighted by Crippen LogP contribution is 2.20. The molecule has 2 rings (SSSR count). The van der Waals surface area contributed by atoms with Gasteiger partial charge in [0.05, 0.1) is 5.56 Å². The minimum atomic E-state index is -1.64. The molecule has 0 aliphatic heterocycles. The maximum absolute atomic E-state index is 13.5. The zero-order chi connectivity index (χ0) is 11.9. The van der Waals surface area contributed by atoms with E-state index in [-0.39, 0.29) is 21.9 Å². The SMILES string of the molecule is [B]c1ccc(F)c2c(C(=O)C(=O)O)c[nH]c12. The number of Topliss-reactive ketones (excluding diaryl/α,β-unsaturated/α-hetero) is 1. The smallest absolute Gasteiger partial charge is 0.377 e. The number of H-pyrrole nitrogens is 1. The van der Waals surface area contributed by atoms with E-state index in [1.54, 1.807) is 0 Å². The van der Waals surface area contributed by atoms with Crippen LogP contribution in [0, 0.1) is 5.82 Å². The fourth-order valence-electron chi connectivity index (χ4n) is 1.52. The summed E-state index contributed by atoms with van der Waals surface area (Å²) in [6.07, 6.45) is 1.14. The molecule has 6 heteroatoms. The number of carboxylic acid groups (broad SMARTS) is 1. The maximum atomic E-state index is 13.5. The molecule has 0 spiro atoms. The van der Waals surface area contributed by atoms with Gasteiger partial charge < -0.3 is 10.1 Å². The second kappa shape index (κ2) is 3.48. The van der Waals surface area contributed by atoms with Crippen LogP contribution in [-0.4, -0.2) is 29.7 Å². The van der Waals surface area contributed by atoms with Crippen molar-refractivity contribution in [3.63, 3.8) is 0 Å². The van der Waals surface area contributed by atoms with Gasteiger partial charge in [0.25, 0.3) is 5.78 Å². The molecule has 0 aliphatic carbocycles. The summed E-state index contributed by atoms with van der Waals surface area (Å²) in [7, 11) is 5.56. The monoisotopic (exact) mass is 217 g/mol. The number of nitrogens with one attached hydrogen (secondary N) is 1. The summed E-state index contributed by atoms with van der Waals surface area (Å²) in [4.78, 5) is 24.4. The summed E-state index contributed by atoms with van der Waals surface area (Å²) < 4.78 is 13.5. The van der Waals surface area contributed by atoms with E-state index in [4.69, 9.17) is 13.0 Å². The molecular formula is C10H5BFNO3. The Balaban J connectivity index is 2.78. The maximum Gasteiger partial charge on any atom is 0.377 e. The molecule has 0 amide bonds. The van der Waals surface area contributed by atoms with Gasteiger partial charge in [0.2, 0.25) is 0 Å². The normalized spacial score (nSPS) is 10.6. The Morgan fingerprint density at radius 2 is 2.06 bits per heavy atom. The minimum absolute atomic E-state index is 0.0904. The number of carbonyl (C=O) groups excluding carboxylic acids is 1. The summed E-state index contributed by atoms with van der Waals surface area (Å²) >= 11 is 0. The molecule has 1 heterocycles. The lowest BCUT2D eigenvalue weighted by molar-refractivity contribution is -0.131. The summed E-state index contributed by atoms with van der Waals surface area (Å²) in [6, 6.07) is 2.42. The van der Waals surface area contributed by atoms with Crippen molar-refractivity contribution >= 4 is 36.0 Å². The molecule has 2 N–H and O–H groups in total. The van der Waals surface area contributed by atoms with Crippen LogP contribution in [0.4, 0.5) is 4.39 Å². The Bertz CT molecular complexity index is 605. The molecule has 2 radical (unpaired) electrons. The van der Waals surface area contributed by atoms with Gasteiger partial charge in [0, 0.05) is 17.1 Å². The van der Waals surface area contributed by atoms with Crippen LogP contribution in [0.1, 0.15) is 10.4 Å². The van der Waals surface area contributed by atoms with Crippen LogP contribution in [0.2, 0.25) is 0 Å². The number of fused-ring (bicyclic) bond motifs is 1. The second-order valence-electron chi connectivity index (χ2n) is 3.22. The number of ketones is 1. The van der Waals surface area contributed by atoms with Gasteiger partial charge in [0.15, 0.2) is 0 Å². The van der Waals surface area contributed by atoms with E-state index in [1.165, 1.54) is 6.07 Å². The number of aliphatic carboxylic acids is 1. The minimum Gasteiger partial charge on any atom is -0.475 e. The van der Waals surface area contributed by atoms with Crippen molar-refractivity contribution in [3.8, 4) is 0 Å². The van der Waals surface area contributed by atoms with E-state index in [9.17, 15) is 14.0 Å². The number of carboxylic acids is 1. The molecule has 0 atom stereocenters. The molecule has 16 heavy (non-hydrogen) atoms. The van der Waals surface area contributed by atoms with Gasteiger partial charge >= 0.3 is 5.97 Å². The number of aromatic nitrogens is 1. The first-order valence-electron chi connectivity index (χ1n) is 4.35. The van der Waals surface area contributed by atoms with Gasteiger partial charge in [-0.2, -0.15) is 0 Å². The molecular weight excluding hydrogens is 212 g/mol. The first kappa shape index (κ1) is 10.4.